The number of ether oxygens (including phenoxy) is 1. The molecule has 0 amide bonds. The molecule has 1 aromatic heterocycles. The molecule has 1 atom stereocenters. The Balaban J connectivity index is 2.98. The van der Waals surface area contributed by atoms with Crippen LogP contribution in [0.5, 0.6) is 0 Å². The van der Waals surface area contributed by atoms with Crippen LogP contribution >= 0.6 is 0 Å². The standard InChI is InChI=1S/C9H15N3O2/c1-6(2)7(3)12-8(5-10-11-12)9(13)14-4/h5-7H,1-4H3. The summed E-state index contributed by atoms with van der Waals surface area (Å²) < 4.78 is 6.22. The van der Waals surface area contributed by atoms with Crippen molar-refractivity contribution in [3.63, 3.8) is 0 Å². The van der Waals surface area contributed by atoms with E-state index in [0.29, 0.717) is 11.6 Å². The zero-order chi connectivity index (χ0) is 10.7. The van der Waals surface area contributed by atoms with Gasteiger partial charge in [-0.15, -0.1) is 5.10 Å². The largest absolute Gasteiger partial charge is 0.464 e. The average molecular weight is 197 g/mol. The number of nitrogens with zero attached hydrogens (tertiary/aromatic N) is 3. The highest BCUT2D eigenvalue weighted by Crippen LogP contribution is 2.17. The second kappa shape index (κ2) is 4.21. The highest BCUT2D eigenvalue weighted by atomic mass is 16.5. The Morgan fingerprint density at radius 3 is 2.64 bits per heavy atom. The van der Waals surface area contributed by atoms with E-state index in [4.69, 9.17) is 0 Å². The lowest BCUT2D eigenvalue weighted by Gasteiger charge is -2.16. The molecule has 0 saturated heterocycles. The molecule has 0 radical (unpaired) electrons. The second-order valence-electron chi connectivity index (χ2n) is 3.54. The maximum Gasteiger partial charge on any atom is 0.358 e. The molecule has 0 fully saturated rings. The van der Waals surface area contributed by atoms with E-state index in [1.165, 1.54) is 13.3 Å². The molecule has 0 spiro atoms. The summed E-state index contributed by atoms with van der Waals surface area (Å²) in [4.78, 5) is 11.3. The molecule has 78 valence electrons. The SMILES string of the molecule is COC(=O)c1cnnn1C(C)C(C)C. The number of carbonyl (C=O) groups excluding carboxylic acids is 1. The highest BCUT2D eigenvalue weighted by Gasteiger charge is 2.19. The van der Waals surface area contributed by atoms with Crippen LogP contribution in [-0.4, -0.2) is 28.1 Å². The van der Waals surface area contributed by atoms with Gasteiger partial charge in [0.25, 0.3) is 0 Å². The summed E-state index contributed by atoms with van der Waals surface area (Å²) in [5.74, 6) is -0.0115. The van der Waals surface area contributed by atoms with Crippen LogP contribution in [0.2, 0.25) is 0 Å². The van der Waals surface area contributed by atoms with Crippen LogP contribution in [0.3, 0.4) is 0 Å². The van der Waals surface area contributed by atoms with Gasteiger partial charge in [0.15, 0.2) is 5.69 Å². The van der Waals surface area contributed by atoms with Gasteiger partial charge in [-0.1, -0.05) is 19.1 Å². The molecule has 5 heteroatoms. The topological polar surface area (TPSA) is 57.0 Å². The van der Waals surface area contributed by atoms with E-state index in [9.17, 15) is 4.79 Å². The van der Waals surface area contributed by atoms with Gasteiger partial charge in [-0.3, -0.25) is 0 Å². The molecule has 1 aromatic rings. The van der Waals surface area contributed by atoms with Crippen molar-refractivity contribution in [1.82, 2.24) is 15.0 Å². The summed E-state index contributed by atoms with van der Waals surface area (Å²) in [6.45, 7) is 6.12. The van der Waals surface area contributed by atoms with Crippen LogP contribution in [0.25, 0.3) is 0 Å². The molecule has 1 unspecified atom stereocenters. The lowest BCUT2D eigenvalue weighted by atomic mass is 10.1. The van der Waals surface area contributed by atoms with Gasteiger partial charge < -0.3 is 4.74 Å². The maximum absolute atomic E-state index is 11.3. The number of hydrogen-bond acceptors (Lipinski definition) is 4. The number of carbonyl (C=O) groups is 1. The number of aromatic nitrogens is 3. The molecule has 14 heavy (non-hydrogen) atoms. The first kappa shape index (κ1) is 10.7. The Morgan fingerprint density at radius 2 is 2.14 bits per heavy atom. The Morgan fingerprint density at radius 1 is 1.50 bits per heavy atom. The van der Waals surface area contributed by atoms with Crippen molar-refractivity contribution >= 4 is 5.97 Å². The van der Waals surface area contributed by atoms with Crippen molar-refractivity contribution in [3.8, 4) is 0 Å². The predicted octanol–water partition coefficient (Wildman–Crippen LogP) is 1.28. The van der Waals surface area contributed by atoms with Gasteiger partial charge in [0.2, 0.25) is 0 Å². The van der Waals surface area contributed by atoms with E-state index in [2.05, 4.69) is 28.9 Å². The molecule has 0 aromatic carbocycles. The van der Waals surface area contributed by atoms with Crippen LogP contribution in [0.15, 0.2) is 6.20 Å². The molecule has 0 aliphatic rings. The Kier molecular flexibility index (Phi) is 3.22. The summed E-state index contributed by atoms with van der Waals surface area (Å²) >= 11 is 0. The molecule has 0 saturated carbocycles. The molecule has 0 aliphatic carbocycles. The molecular formula is C9H15N3O2. The Labute approximate surface area is 83.1 Å². The molecule has 1 heterocycles. The minimum absolute atomic E-state index is 0.131. The predicted molar refractivity (Wildman–Crippen MR) is 50.9 cm³/mol. The van der Waals surface area contributed by atoms with Crippen LogP contribution in [0.1, 0.15) is 37.3 Å². The smallest absolute Gasteiger partial charge is 0.358 e. The lowest BCUT2D eigenvalue weighted by Crippen LogP contribution is -2.19. The summed E-state index contributed by atoms with van der Waals surface area (Å²) in [7, 11) is 1.35. The molecular weight excluding hydrogens is 182 g/mol. The zero-order valence-electron chi connectivity index (χ0n) is 8.89. The van der Waals surface area contributed by atoms with E-state index in [1.807, 2.05) is 6.92 Å². The molecule has 5 nitrogen and oxygen atoms in total. The number of rotatable bonds is 3. The van der Waals surface area contributed by atoms with Gasteiger partial charge >= 0.3 is 5.97 Å². The number of esters is 1. The van der Waals surface area contributed by atoms with E-state index in [1.54, 1.807) is 4.68 Å². The van der Waals surface area contributed by atoms with E-state index in [-0.39, 0.29) is 6.04 Å². The maximum atomic E-state index is 11.3. The van der Waals surface area contributed by atoms with Crippen molar-refractivity contribution in [3.05, 3.63) is 11.9 Å². The number of hydrogen-bond donors (Lipinski definition) is 0. The van der Waals surface area contributed by atoms with Crippen LogP contribution in [-0.2, 0) is 4.74 Å². The van der Waals surface area contributed by atoms with E-state index < -0.39 is 5.97 Å². The van der Waals surface area contributed by atoms with Crippen molar-refractivity contribution in [2.75, 3.05) is 7.11 Å². The summed E-state index contributed by atoms with van der Waals surface area (Å²) in [6.07, 6.45) is 1.42. The lowest BCUT2D eigenvalue weighted by molar-refractivity contribution is 0.0582. The van der Waals surface area contributed by atoms with Crippen molar-refractivity contribution in [2.24, 2.45) is 5.92 Å². The fourth-order valence-corrected chi connectivity index (χ4v) is 1.08. The first-order valence-corrected chi connectivity index (χ1v) is 4.56. The van der Waals surface area contributed by atoms with Crippen molar-refractivity contribution in [2.45, 2.75) is 26.8 Å². The second-order valence-corrected chi connectivity index (χ2v) is 3.54. The minimum atomic E-state index is -0.400. The first-order chi connectivity index (χ1) is 6.57. The normalized spacial score (nSPS) is 12.9. The first-order valence-electron chi connectivity index (χ1n) is 4.56. The third kappa shape index (κ3) is 1.92. The van der Waals surface area contributed by atoms with Gasteiger partial charge in [-0.05, 0) is 12.8 Å². The van der Waals surface area contributed by atoms with Crippen molar-refractivity contribution in [1.29, 1.82) is 0 Å². The van der Waals surface area contributed by atoms with E-state index >= 15 is 0 Å². The molecule has 0 N–H and O–H groups in total. The Hall–Kier alpha value is -1.39. The van der Waals surface area contributed by atoms with Gasteiger partial charge in [0.1, 0.15) is 0 Å². The van der Waals surface area contributed by atoms with Crippen molar-refractivity contribution < 1.29 is 9.53 Å². The Bertz CT molecular complexity index is 320. The summed E-state index contributed by atoms with van der Waals surface area (Å²) in [5, 5.41) is 7.58. The van der Waals surface area contributed by atoms with Crippen LogP contribution in [0, 0.1) is 5.92 Å². The third-order valence-electron chi connectivity index (χ3n) is 2.32. The molecule has 0 bridgehead atoms. The number of methoxy groups -OCH3 is 1. The average Bonchev–Trinajstić information content (AvgIpc) is 2.63. The fraction of sp³-hybridized carbons (Fsp3) is 0.667. The summed E-state index contributed by atoms with van der Waals surface area (Å²) in [6, 6.07) is 0.131. The summed E-state index contributed by atoms with van der Waals surface area (Å²) in [5.41, 5.74) is 0.397. The minimum Gasteiger partial charge on any atom is -0.464 e. The third-order valence-corrected chi connectivity index (χ3v) is 2.32. The van der Waals surface area contributed by atoms with Gasteiger partial charge in [-0.25, -0.2) is 9.48 Å². The van der Waals surface area contributed by atoms with Gasteiger partial charge in [-0.2, -0.15) is 0 Å². The van der Waals surface area contributed by atoms with Crippen LogP contribution < -0.4 is 0 Å². The quantitative estimate of drug-likeness (QED) is 0.685. The molecule has 0 aliphatic heterocycles. The van der Waals surface area contributed by atoms with Crippen LogP contribution in [0.4, 0.5) is 0 Å². The van der Waals surface area contributed by atoms with Gasteiger partial charge in [0.05, 0.1) is 19.3 Å². The zero-order valence-corrected chi connectivity index (χ0v) is 8.89. The monoisotopic (exact) mass is 197 g/mol. The highest BCUT2D eigenvalue weighted by molar-refractivity contribution is 5.86. The van der Waals surface area contributed by atoms with E-state index in [0.717, 1.165) is 0 Å². The fourth-order valence-electron chi connectivity index (χ4n) is 1.08. The van der Waals surface area contributed by atoms with Gasteiger partial charge in [0, 0.05) is 0 Å². The molecule has 1 rings (SSSR count).